The SMILES string of the molecule is Cc1ccc2cc(C(O)c3ccccc3C)ccc2n1. The van der Waals surface area contributed by atoms with Gasteiger partial charge < -0.3 is 5.11 Å². The Morgan fingerprint density at radius 2 is 1.75 bits per heavy atom. The summed E-state index contributed by atoms with van der Waals surface area (Å²) in [6.07, 6.45) is -0.595. The molecule has 1 N–H and O–H groups in total. The third-order valence-electron chi connectivity index (χ3n) is 3.65. The van der Waals surface area contributed by atoms with E-state index in [0.29, 0.717) is 0 Å². The first-order valence-corrected chi connectivity index (χ1v) is 6.76. The zero-order valence-electron chi connectivity index (χ0n) is 11.7. The van der Waals surface area contributed by atoms with Gasteiger partial charge in [-0.15, -0.1) is 0 Å². The van der Waals surface area contributed by atoms with Crippen LogP contribution in [-0.2, 0) is 0 Å². The molecule has 100 valence electrons. The largest absolute Gasteiger partial charge is 0.384 e. The molecule has 0 saturated heterocycles. The lowest BCUT2D eigenvalue weighted by atomic mass is 9.96. The summed E-state index contributed by atoms with van der Waals surface area (Å²) in [5.74, 6) is 0. The molecule has 0 aliphatic carbocycles. The highest BCUT2D eigenvalue weighted by molar-refractivity contribution is 5.79. The Bertz CT molecular complexity index is 764. The summed E-state index contributed by atoms with van der Waals surface area (Å²) < 4.78 is 0. The molecule has 3 aromatic rings. The van der Waals surface area contributed by atoms with Gasteiger partial charge in [0.25, 0.3) is 0 Å². The average molecular weight is 263 g/mol. The second kappa shape index (κ2) is 5.06. The van der Waals surface area contributed by atoms with Crippen molar-refractivity contribution in [3.63, 3.8) is 0 Å². The van der Waals surface area contributed by atoms with E-state index in [9.17, 15) is 5.11 Å². The number of hydrogen-bond acceptors (Lipinski definition) is 2. The molecule has 2 heteroatoms. The summed E-state index contributed by atoms with van der Waals surface area (Å²) in [5, 5.41) is 11.6. The first-order chi connectivity index (χ1) is 9.65. The summed E-state index contributed by atoms with van der Waals surface area (Å²) in [4.78, 5) is 4.48. The number of benzene rings is 2. The molecular formula is C18H17NO. The third-order valence-corrected chi connectivity index (χ3v) is 3.65. The minimum atomic E-state index is -0.595. The fourth-order valence-corrected chi connectivity index (χ4v) is 2.49. The van der Waals surface area contributed by atoms with Crippen molar-refractivity contribution in [3.8, 4) is 0 Å². The van der Waals surface area contributed by atoms with Gasteiger partial charge in [0, 0.05) is 11.1 Å². The monoisotopic (exact) mass is 263 g/mol. The highest BCUT2D eigenvalue weighted by Crippen LogP contribution is 2.26. The number of aliphatic hydroxyl groups is 1. The van der Waals surface area contributed by atoms with Crippen LogP contribution in [0.3, 0.4) is 0 Å². The van der Waals surface area contributed by atoms with Crippen molar-refractivity contribution in [2.45, 2.75) is 20.0 Å². The summed E-state index contributed by atoms with van der Waals surface area (Å²) in [5.41, 5.74) is 4.92. The van der Waals surface area contributed by atoms with E-state index in [4.69, 9.17) is 0 Å². The van der Waals surface area contributed by atoms with Crippen molar-refractivity contribution in [2.75, 3.05) is 0 Å². The molecular weight excluding hydrogens is 246 g/mol. The van der Waals surface area contributed by atoms with Crippen LogP contribution in [0.15, 0.2) is 54.6 Å². The maximum atomic E-state index is 10.6. The summed E-state index contributed by atoms with van der Waals surface area (Å²) in [6, 6.07) is 17.9. The van der Waals surface area contributed by atoms with E-state index in [-0.39, 0.29) is 0 Å². The molecule has 3 rings (SSSR count). The van der Waals surface area contributed by atoms with Crippen LogP contribution >= 0.6 is 0 Å². The van der Waals surface area contributed by atoms with Crippen molar-refractivity contribution >= 4 is 10.9 Å². The van der Waals surface area contributed by atoms with E-state index in [0.717, 1.165) is 33.3 Å². The number of aliphatic hydroxyl groups excluding tert-OH is 1. The van der Waals surface area contributed by atoms with Crippen LogP contribution in [0.4, 0.5) is 0 Å². The Balaban J connectivity index is 2.06. The minimum absolute atomic E-state index is 0.595. The molecule has 1 atom stereocenters. The van der Waals surface area contributed by atoms with Gasteiger partial charge in [0.05, 0.1) is 5.52 Å². The van der Waals surface area contributed by atoms with Gasteiger partial charge in [-0.2, -0.15) is 0 Å². The van der Waals surface area contributed by atoms with E-state index in [2.05, 4.69) is 4.98 Å². The van der Waals surface area contributed by atoms with Crippen molar-refractivity contribution in [2.24, 2.45) is 0 Å². The lowest BCUT2D eigenvalue weighted by Gasteiger charge is -2.14. The zero-order chi connectivity index (χ0) is 14.1. The molecule has 20 heavy (non-hydrogen) atoms. The summed E-state index contributed by atoms with van der Waals surface area (Å²) in [7, 11) is 0. The lowest BCUT2D eigenvalue weighted by molar-refractivity contribution is 0.219. The van der Waals surface area contributed by atoms with Crippen LogP contribution in [-0.4, -0.2) is 10.1 Å². The van der Waals surface area contributed by atoms with Gasteiger partial charge >= 0.3 is 0 Å². The number of rotatable bonds is 2. The maximum absolute atomic E-state index is 10.6. The second-order valence-corrected chi connectivity index (χ2v) is 5.16. The van der Waals surface area contributed by atoms with Gasteiger partial charge in [0.1, 0.15) is 6.10 Å². The fourth-order valence-electron chi connectivity index (χ4n) is 2.49. The van der Waals surface area contributed by atoms with Crippen LogP contribution in [0.1, 0.15) is 28.5 Å². The quantitative estimate of drug-likeness (QED) is 0.760. The van der Waals surface area contributed by atoms with Gasteiger partial charge in [-0.25, -0.2) is 0 Å². The number of hydrogen-bond donors (Lipinski definition) is 1. The number of aromatic nitrogens is 1. The lowest BCUT2D eigenvalue weighted by Crippen LogP contribution is -2.01. The first kappa shape index (κ1) is 12.8. The topological polar surface area (TPSA) is 33.1 Å². The number of nitrogens with zero attached hydrogens (tertiary/aromatic N) is 1. The van der Waals surface area contributed by atoms with Crippen LogP contribution in [0, 0.1) is 13.8 Å². The normalized spacial score (nSPS) is 12.6. The molecule has 0 saturated carbocycles. The molecule has 1 unspecified atom stereocenters. The van der Waals surface area contributed by atoms with Gasteiger partial charge in [-0.3, -0.25) is 4.98 Å². The molecule has 0 amide bonds. The molecule has 0 aliphatic heterocycles. The smallest absolute Gasteiger partial charge is 0.104 e. The third kappa shape index (κ3) is 2.30. The zero-order valence-corrected chi connectivity index (χ0v) is 11.7. The molecule has 2 aromatic carbocycles. The Kier molecular flexibility index (Phi) is 3.25. The molecule has 2 nitrogen and oxygen atoms in total. The fraction of sp³-hybridized carbons (Fsp3) is 0.167. The predicted octanol–water partition coefficient (Wildman–Crippen LogP) is 3.93. The average Bonchev–Trinajstić information content (AvgIpc) is 2.46. The minimum Gasteiger partial charge on any atom is -0.384 e. The molecule has 1 heterocycles. The van der Waals surface area contributed by atoms with Gasteiger partial charge in [-0.1, -0.05) is 36.4 Å². The van der Waals surface area contributed by atoms with Crippen molar-refractivity contribution in [1.29, 1.82) is 0 Å². The Morgan fingerprint density at radius 1 is 0.950 bits per heavy atom. The molecule has 1 aromatic heterocycles. The highest BCUT2D eigenvalue weighted by atomic mass is 16.3. The van der Waals surface area contributed by atoms with E-state index in [1.165, 1.54) is 0 Å². The summed E-state index contributed by atoms with van der Waals surface area (Å²) in [6.45, 7) is 4.00. The van der Waals surface area contributed by atoms with E-state index >= 15 is 0 Å². The van der Waals surface area contributed by atoms with Gasteiger partial charge in [0.2, 0.25) is 0 Å². The van der Waals surface area contributed by atoms with Gasteiger partial charge in [-0.05, 0) is 48.7 Å². The molecule has 0 bridgehead atoms. The molecule has 0 aliphatic rings. The maximum Gasteiger partial charge on any atom is 0.104 e. The number of fused-ring (bicyclic) bond motifs is 1. The van der Waals surface area contributed by atoms with Crippen LogP contribution in [0.5, 0.6) is 0 Å². The first-order valence-electron chi connectivity index (χ1n) is 6.76. The van der Waals surface area contributed by atoms with Gasteiger partial charge in [0.15, 0.2) is 0 Å². The molecule has 0 spiro atoms. The van der Waals surface area contributed by atoms with Crippen molar-refractivity contribution < 1.29 is 5.11 Å². The van der Waals surface area contributed by atoms with Crippen LogP contribution < -0.4 is 0 Å². The van der Waals surface area contributed by atoms with E-state index in [1.54, 1.807) is 0 Å². The second-order valence-electron chi connectivity index (χ2n) is 5.16. The predicted molar refractivity (Wildman–Crippen MR) is 81.7 cm³/mol. The number of pyridine rings is 1. The van der Waals surface area contributed by atoms with E-state index < -0.39 is 6.10 Å². The summed E-state index contributed by atoms with van der Waals surface area (Å²) >= 11 is 0. The van der Waals surface area contributed by atoms with Crippen LogP contribution in [0.25, 0.3) is 10.9 Å². The van der Waals surface area contributed by atoms with Crippen molar-refractivity contribution in [1.82, 2.24) is 4.98 Å². The van der Waals surface area contributed by atoms with E-state index in [1.807, 2.05) is 68.4 Å². The number of aryl methyl sites for hydroxylation is 2. The molecule has 0 fully saturated rings. The highest BCUT2D eigenvalue weighted by Gasteiger charge is 2.12. The Hall–Kier alpha value is -2.19. The standard InChI is InChI=1S/C18H17NO/c1-12-5-3-4-6-16(12)18(20)15-9-10-17-14(11-15)8-7-13(2)19-17/h3-11,18,20H,1-2H3. The van der Waals surface area contributed by atoms with Crippen molar-refractivity contribution in [3.05, 3.63) is 77.0 Å². The molecule has 0 radical (unpaired) electrons. The Labute approximate surface area is 118 Å². The van der Waals surface area contributed by atoms with Crippen LogP contribution in [0.2, 0.25) is 0 Å². The Morgan fingerprint density at radius 3 is 2.55 bits per heavy atom.